The molecule has 0 saturated heterocycles. The highest BCUT2D eigenvalue weighted by atomic mass is 35.5. The normalized spacial score (nSPS) is 10.8. The maximum atomic E-state index is 6.20. The number of hydrogen-bond acceptors (Lipinski definition) is 2. The molecule has 0 atom stereocenters. The van der Waals surface area contributed by atoms with Crippen molar-refractivity contribution in [3.63, 3.8) is 0 Å². The van der Waals surface area contributed by atoms with Crippen molar-refractivity contribution in [1.29, 1.82) is 0 Å². The Hall–Kier alpha value is -1.64. The van der Waals surface area contributed by atoms with Gasteiger partial charge in [-0.2, -0.15) is 0 Å². The summed E-state index contributed by atoms with van der Waals surface area (Å²) in [6, 6.07) is 20.6. The number of thioether (sulfide) groups is 1. The summed E-state index contributed by atoms with van der Waals surface area (Å²) in [7, 11) is 0. The van der Waals surface area contributed by atoms with Gasteiger partial charge in [-0.05, 0) is 40.6 Å². The molecule has 0 aromatic heterocycles. The molecule has 3 aromatic carbocycles. The second kappa shape index (κ2) is 5.78. The van der Waals surface area contributed by atoms with Crippen LogP contribution >= 0.6 is 23.4 Å². The van der Waals surface area contributed by atoms with Gasteiger partial charge in [-0.1, -0.05) is 48.0 Å². The van der Waals surface area contributed by atoms with Crippen molar-refractivity contribution in [3.05, 3.63) is 71.2 Å². The van der Waals surface area contributed by atoms with Crippen LogP contribution in [-0.4, -0.2) is 0 Å². The van der Waals surface area contributed by atoms with Gasteiger partial charge in [0.1, 0.15) is 0 Å². The molecular formula is C17H14ClNS. The van der Waals surface area contributed by atoms with Crippen LogP contribution in [0.5, 0.6) is 0 Å². The van der Waals surface area contributed by atoms with Crippen LogP contribution in [0.2, 0.25) is 5.02 Å². The number of anilines is 1. The van der Waals surface area contributed by atoms with Gasteiger partial charge in [0, 0.05) is 21.4 Å². The van der Waals surface area contributed by atoms with Crippen LogP contribution < -0.4 is 5.73 Å². The molecule has 0 aliphatic heterocycles. The number of rotatable bonds is 3. The molecular weight excluding hydrogens is 286 g/mol. The van der Waals surface area contributed by atoms with E-state index in [1.165, 1.54) is 15.7 Å². The van der Waals surface area contributed by atoms with E-state index in [4.69, 9.17) is 17.3 Å². The molecule has 2 N–H and O–H groups in total. The Balaban J connectivity index is 1.79. The highest BCUT2D eigenvalue weighted by Crippen LogP contribution is 2.29. The predicted octanol–water partition coefficient (Wildman–Crippen LogP) is 5.37. The van der Waals surface area contributed by atoms with Crippen LogP contribution in [0, 0.1) is 0 Å². The van der Waals surface area contributed by atoms with E-state index in [1.807, 2.05) is 12.1 Å². The summed E-state index contributed by atoms with van der Waals surface area (Å²) in [6.45, 7) is 0. The molecule has 0 aliphatic carbocycles. The van der Waals surface area contributed by atoms with Gasteiger partial charge in [-0.15, -0.1) is 11.8 Å². The lowest BCUT2D eigenvalue weighted by molar-refractivity contribution is 1.39. The lowest BCUT2D eigenvalue weighted by atomic mass is 10.1. The Morgan fingerprint density at radius 1 is 0.900 bits per heavy atom. The zero-order valence-corrected chi connectivity index (χ0v) is 12.4. The fraction of sp³-hybridized carbons (Fsp3) is 0.0588. The molecule has 100 valence electrons. The number of nitrogen functional groups attached to an aromatic ring is 1. The third-order valence-electron chi connectivity index (χ3n) is 3.19. The zero-order chi connectivity index (χ0) is 13.9. The molecule has 0 radical (unpaired) electrons. The predicted molar refractivity (Wildman–Crippen MR) is 89.4 cm³/mol. The second-order valence-electron chi connectivity index (χ2n) is 4.65. The van der Waals surface area contributed by atoms with Gasteiger partial charge < -0.3 is 5.73 Å². The Bertz CT molecular complexity index is 755. The van der Waals surface area contributed by atoms with Crippen molar-refractivity contribution in [3.8, 4) is 0 Å². The first-order chi connectivity index (χ1) is 9.72. The van der Waals surface area contributed by atoms with E-state index in [1.54, 1.807) is 17.8 Å². The Labute approximate surface area is 127 Å². The van der Waals surface area contributed by atoms with E-state index >= 15 is 0 Å². The largest absolute Gasteiger partial charge is 0.399 e. The van der Waals surface area contributed by atoms with Gasteiger partial charge in [-0.3, -0.25) is 0 Å². The van der Waals surface area contributed by atoms with E-state index in [-0.39, 0.29) is 0 Å². The minimum absolute atomic E-state index is 0.703. The number of fused-ring (bicyclic) bond motifs is 1. The molecule has 0 unspecified atom stereocenters. The van der Waals surface area contributed by atoms with Gasteiger partial charge in [0.05, 0.1) is 0 Å². The van der Waals surface area contributed by atoms with Crippen molar-refractivity contribution >= 4 is 39.8 Å². The lowest BCUT2D eigenvalue weighted by Gasteiger charge is -2.06. The van der Waals surface area contributed by atoms with E-state index in [0.29, 0.717) is 5.69 Å². The molecule has 1 nitrogen and oxygen atoms in total. The summed E-state index contributed by atoms with van der Waals surface area (Å²) < 4.78 is 0. The van der Waals surface area contributed by atoms with Gasteiger partial charge in [0.2, 0.25) is 0 Å². The molecule has 0 heterocycles. The first kappa shape index (κ1) is 13.3. The van der Waals surface area contributed by atoms with Crippen LogP contribution in [0.1, 0.15) is 5.56 Å². The average molecular weight is 300 g/mol. The van der Waals surface area contributed by atoms with E-state index < -0.39 is 0 Å². The van der Waals surface area contributed by atoms with Gasteiger partial charge in [0.15, 0.2) is 0 Å². The van der Waals surface area contributed by atoms with E-state index in [9.17, 15) is 0 Å². The van der Waals surface area contributed by atoms with Crippen molar-refractivity contribution in [2.24, 2.45) is 0 Å². The van der Waals surface area contributed by atoms with Crippen LogP contribution in [0.25, 0.3) is 10.8 Å². The fourth-order valence-electron chi connectivity index (χ4n) is 2.10. The molecule has 0 spiro atoms. The molecule has 3 heteroatoms. The molecule has 0 fully saturated rings. The lowest BCUT2D eigenvalue weighted by Crippen LogP contribution is -1.88. The third-order valence-corrected chi connectivity index (χ3v) is 4.59. The van der Waals surface area contributed by atoms with Crippen molar-refractivity contribution < 1.29 is 0 Å². The Morgan fingerprint density at radius 3 is 2.50 bits per heavy atom. The maximum absolute atomic E-state index is 6.20. The minimum Gasteiger partial charge on any atom is -0.399 e. The molecule has 0 bridgehead atoms. The van der Waals surface area contributed by atoms with Crippen LogP contribution in [0.4, 0.5) is 5.69 Å². The molecule has 3 aromatic rings. The summed E-state index contributed by atoms with van der Waals surface area (Å²) >= 11 is 7.98. The number of benzene rings is 3. The third kappa shape index (κ3) is 2.92. The highest BCUT2D eigenvalue weighted by molar-refractivity contribution is 7.98. The van der Waals surface area contributed by atoms with Gasteiger partial charge in [-0.25, -0.2) is 0 Å². The van der Waals surface area contributed by atoms with E-state index in [2.05, 4.69) is 42.5 Å². The van der Waals surface area contributed by atoms with Gasteiger partial charge >= 0.3 is 0 Å². The summed E-state index contributed by atoms with van der Waals surface area (Å²) in [5.74, 6) is 0.845. The number of halogens is 1. The standard InChI is InChI=1S/C17H14ClNS/c18-17-10-15(19)7-5-14(17)11-20-16-8-6-12-3-1-2-4-13(12)9-16/h1-10H,11,19H2. The summed E-state index contributed by atoms with van der Waals surface area (Å²) in [5, 5.41) is 3.27. The van der Waals surface area contributed by atoms with Gasteiger partial charge in [0.25, 0.3) is 0 Å². The van der Waals surface area contributed by atoms with Crippen LogP contribution in [-0.2, 0) is 5.75 Å². The highest BCUT2D eigenvalue weighted by Gasteiger charge is 2.03. The SMILES string of the molecule is Nc1ccc(CSc2ccc3ccccc3c2)c(Cl)c1. The Kier molecular flexibility index (Phi) is 3.86. The minimum atomic E-state index is 0.703. The summed E-state index contributed by atoms with van der Waals surface area (Å²) in [5.41, 5.74) is 7.52. The smallest absolute Gasteiger partial charge is 0.0466 e. The monoisotopic (exact) mass is 299 g/mol. The zero-order valence-electron chi connectivity index (χ0n) is 10.8. The summed E-state index contributed by atoms with van der Waals surface area (Å²) in [6.07, 6.45) is 0. The topological polar surface area (TPSA) is 26.0 Å². The number of nitrogens with two attached hydrogens (primary N) is 1. The Morgan fingerprint density at radius 2 is 1.70 bits per heavy atom. The molecule has 0 amide bonds. The quantitative estimate of drug-likeness (QED) is 0.520. The first-order valence-corrected chi connectivity index (χ1v) is 7.74. The van der Waals surface area contributed by atoms with Crippen molar-refractivity contribution in [1.82, 2.24) is 0 Å². The molecule has 3 rings (SSSR count). The van der Waals surface area contributed by atoms with Crippen molar-refractivity contribution in [2.45, 2.75) is 10.6 Å². The second-order valence-corrected chi connectivity index (χ2v) is 6.10. The van der Waals surface area contributed by atoms with E-state index in [0.717, 1.165) is 16.3 Å². The fourth-order valence-corrected chi connectivity index (χ4v) is 3.38. The number of hydrogen-bond donors (Lipinski definition) is 1. The van der Waals surface area contributed by atoms with Crippen LogP contribution in [0.15, 0.2) is 65.6 Å². The first-order valence-electron chi connectivity index (χ1n) is 6.38. The average Bonchev–Trinajstić information content (AvgIpc) is 2.46. The molecule has 20 heavy (non-hydrogen) atoms. The molecule has 0 aliphatic rings. The maximum Gasteiger partial charge on any atom is 0.0466 e. The summed E-state index contributed by atoms with van der Waals surface area (Å²) in [4.78, 5) is 1.25. The van der Waals surface area contributed by atoms with Crippen molar-refractivity contribution in [2.75, 3.05) is 5.73 Å². The van der Waals surface area contributed by atoms with Crippen LogP contribution in [0.3, 0.4) is 0 Å². The molecule has 0 saturated carbocycles.